The molecule has 368 valence electrons. The summed E-state index contributed by atoms with van der Waals surface area (Å²) < 4.78 is 19.3. The smallest absolute Gasteiger partial charge is 0.252 e. The number of hydrogen-bond acceptors (Lipinski definition) is 6. The minimum Gasteiger partial charge on any atom is -0.460 e. The molecule has 0 saturated carbocycles. The van der Waals surface area contributed by atoms with E-state index in [1.54, 1.807) is 0 Å². The quantitative estimate of drug-likeness (QED) is 0.141. The lowest BCUT2D eigenvalue weighted by atomic mass is 9.33. The number of anilines is 8. The van der Waals surface area contributed by atoms with Crippen molar-refractivity contribution in [2.24, 2.45) is 0 Å². The van der Waals surface area contributed by atoms with Crippen LogP contribution in [0.3, 0.4) is 0 Å². The lowest BCUT2D eigenvalue weighted by molar-refractivity contribution is 0.524. The molecule has 6 nitrogen and oxygen atoms in total. The second kappa shape index (κ2) is 17.6. The Hall–Kier alpha value is -9.46. The van der Waals surface area contributed by atoms with Gasteiger partial charge in [-0.25, -0.2) is 0 Å². The van der Waals surface area contributed by atoms with Crippen LogP contribution in [0.2, 0.25) is 0 Å². The van der Waals surface area contributed by atoms with E-state index in [1.807, 2.05) is 30.3 Å². The Kier molecular flexibility index (Phi) is 10.3. The molecule has 12 aromatic rings. The van der Waals surface area contributed by atoms with Gasteiger partial charge in [0.2, 0.25) is 0 Å². The Labute approximate surface area is 448 Å². The molecule has 3 aliphatic rings. The molecule has 77 heavy (non-hydrogen) atoms. The van der Waals surface area contributed by atoms with Crippen molar-refractivity contribution in [1.29, 1.82) is 0 Å². The van der Waals surface area contributed by atoms with Crippen LogP contribution in [0.15, 0.2) is 262 Å². The molecule has 0 radical (unpaired) electrons. The molecule has 0 N–H and O–H groups in total. The van der Waals surface area contributed by atoms with Crippen LogP contribution in [0.1, 0.15) is 44.4 Å². The van der Waals surface area contributed by atoms with Gasteiger partial charge in [0.15, 0.2) is 0 Å². The maximum absolute atomic E-state index is 6.47. The van der Waals surface area contributed by atoms with Crippen molar-refractivity contribution in [2.45, 2.75) is 38.5 Å². The first kappa shape index (κ1) is 45.0. The summed E-state index contributed by atoms with van der Waals surface area (Å²) in [5, 5.41) is 3.30. The average molecular weight is 994 g/mol. The maximum atomic E-state index is 6.47. The number of allylic oxidation sites excluding steroid dienone is 3. The second-order valence-corrected chi connectivity index (χ2v) is 21.7. The highest BCUT2D eigenvalue weighted by Crippen LogP contribution is 2.49. The second-order valence-electron chi connectivity index (χ2n) is 21.7. The van der Waals surface area contributed by atoms with Crippen LogP contribution in [-0.4, -0.2) is 6.71 Å². The summed E-state index contributed by atoms with van der Waals surface area (Å²) in [6.45, 7) is 6.78. The number of nitrogens with zero attached hydrogens (tertiary/aromatic N) is 3. The van der Waals surface area contributed by atoms with E-state index >= 15 is 0 Å². The van der Waals surface area contributed by atoms with E-state index in [4.69, 9.17) is 13.3 Å². The van der Waals surface area contributed by atoms with E-state index in [2.05, 4.69) is 248 Å². The van der Waals surface area contributed by atoms with Crippen molar-refractivity contribution in [3.8, 4) is 22.6 Å². The van der Waals surface area contributed by atoms with Gasteiger partial charge in [0.05, 0.1) is 5.69 Å². The summed E-state index contributed by atoms with van der Waals surface area (Å²) in [7, 11) is 0. The zero-order valence-electron chi connectivity index (χ0n) is 43.0. The van der Waals surface area contributed by atoms with Crippen LogP contribution in [0, 0.1) is 0 Å². The third-order valence-electron chi connectivity index (χ3n) is 15.9. The highest BCUT2D eigenvalue weighted by atomic mass is 16.3. The van der Waals surface area contributed by atoms with Gasteiger partial charge in [-0.05, 0) is 161 Å². The SMILES string of the molecule is CC(C)(C)c1ccc(N(c2ccc(-c3cc4ccccc4o3)cc2)c2cc3c4c(c2)N(c2ccc(-c5cc6ccccc6o5)cc2)c2ccccc2B4c2ccccc2N3C2=CCC(c3cc4ccccc4o3)C=C2)cc1. The standard InChI is InChI=1S/C70H52BN3O3/c1-70(2,3)51-30-38-53(39-31-51)72(52-32-24-45(25-33-52)66-40-48-14-4-11-21-63(48)75-66)56-43-61-69-62(44-56)74(55-36-28-47(29-37-55)68-42-50-16-6-13-23-65(50)77-68)60-20-10-8-18-58(60)71(69)57-17-7-9-19-59(57)73(61)54-34-26-46(27-35-54)67-41-49-15-5-12-22-64(49)76-67/h4-28,30-44,47H,29H2,1-3H3. The monoisotopic (exact) mass is 993 g/mol. The first-order valence-corrected chi connectivity index (χ1v) is 26.7. The zero-order chi connectivity index (χ0) is 51.4. The van der Waals surface area contributed by atoms with Crippen molar-refractivity contribution in [3.05, 3.63) is 260 Å². The summed E-state index contributed by atoms with van der Waals surface area (Å²) in [4.78, 5) is 7.42. The summed E-state index contributed by atoms with van der Waals surface area (Å²) in [5.41, 5.74) is 19.6. The number of fused-ring (bicyclic) bond motifs is 7. The Bertz CT molecular complexity index is 4220. The average Bonchev–Trinajstić information content (AvgIpc) is 4.25. The first-order chi connectivity index (χ1) is 37.8. The fourth-order valence-electron chi connectivity index (χ4n) is 12.1. The van der Waals surface area contributed by atoms with Crippen molar-refractivity contribution in [1.82, 2.24) is 0 Å². The molecule has 9 aromatic carbocycles. The van der Waals surface area contributed by atoms with Crippen LogP contribution in [0.4, 0.5) is 45.5 Å². The summed E-state index contributed by atoms with van der Waals surface area (Å²) in [6, 6.07) is 80.9. The van der Waals surface area contributed by atoms with Crippen molar-refractivity contribution in [2.75, 3.05) is 14.7 Å². The molecule has 0 bridgehead atoms. The van der Waals surface area contributed by atoms with E-state index < -0.39 is 0 Å². The van der Waals surface area contributed by atoms with Gasteiger partial charge < -0.3 is 28.0 Å². The van der Waals surface area contributed by atoms with Gasteiger partial charge >= 0.3 is 0 Å². The lowest BCUT2D eigenvalue weighted by Gasteiger charge is -2.45. The normalized spacial score (nSPS) is 14.7. The molecule has 1 unspecified atom stereocenters. The number of furan rings is 3. The van der Waals surface area contributed by atoms with E-state index in [0.29, 0.717) is 0 Å². The van der Waals surface area contributed by atoms with Crippen molar-refractivity contribution < 1.29 is 13.3 Å². The van der Waals surface area contributed by atoms with E-state index in [1.165, 1.54) is 27.6 Å². The van der Waals surface area contributed by atoms with Gasteiger partial charge in [0.25, 0.3) is 6.71 Å². The molecule has 0 saturated heterocycles. The van der Waals surface area contributed by atoms with Crippen LogP contribution in [0.25, 0.3) is 55.6 Å². The van der Waals surface area contributed by atoms with E-state index in [9.17, 15) is 0 Å². The molecular weight excluding hydrogens is 942 g/mol. The minimum atomic E-state index is -0.0390. The van der Waals surface area contributed by atoms with E-state index in [0.717, 1.165) is 113 Å². The molecule has 5 heterocycles. The highest BCUT2D eigenvalue weighted by molar-refractivity contribution is 7.00. The number of rotatable bonds is 8. The van der Waals surface area contributed by atoms with Gasteiger partial charge in [0.1, 0.15) is 34.0 Å². The Morgan fingerprint density at radius 3 is 1.51 bits per heavy atom. The van der Waals surface area contributed by atoms with E-state index in [-0.39, 0.29) is 18.0 Å². The minimum absolute atomic E-state index is 0.0189. The largest absolute Gasteiger partial charge is 0.460 e. The number of hydrogen-bond donors (Lipinski definition) is 0. The number of benzene rings is 9. The molecule has 2 aliphatic heterocycles. The Morgan fingerprint density at radius 2 is 0.961 bits per heavy atom. The van der Waals surface area contributed by atoms with Gasteiger partial charge in [-0.15, -0.1) is 0 Å². The van der Waals surface area contributed by atoms with Crippen LogP contribution in [-0.2, 0) is 5.41 Å². The van der Waals surface area contributed by atoms with Gasteiger partial charge in [-0.1, -0.05) is 136 Å². The predicted octanol–water partition coefficient (Wildman–Crippen LogP) is 17.4. The molecule has 7 heteroatoms. The molecule has 1 aliphatic carbocycles. The highest BCUT2D eigenvalue weighted by Gasteiger charge is 2.44. The van der Waals surface area contributed by atoms with Crippen molar-refractivity contribution in [3.63, 3.8) is 0 Å². The number of para-hydroxylation sites is 5. The van der Waals surface area contributed by atoms with Crippen LogP contribution >= 0.6 is 0 Å². The van der Waals surface area contributed by atoms with Crippen LogP contribution in [0.5, 0.6) is 0 Å². The fourth-order valence-corrected chi connectivity index (χ4v) is 12.1. The first-order valence-electron chi connectivity index (χ1n) is 26.7. The molecule has 3 aromatic heterocycles. The van der Waals surface area contributed by atoms with Gasteiger partial charge in [-0.3, -0.25) is 0 Å². The topological polar surface area (TPSA) is 49.1 Å². The Morgan fingerprint density at radius 1 is 0.468 bits per heavy atom. The zero-order valence-corrected chi connectivity index (χ0v) is 43.0. The summed E-state index contributed by atoms with van der Waals surface area (Å²) >= 11 is 0. The third kappa shape index (κ3) is 7.56. The molecule has 1 atom stereocenters. The molecule has 0 fully saturated rings. The molecular formula is C70H52BN3O3. The third-order valence-corrected chi connectivity index (χ3v) is 15.9. The molecule has 0 amide bonds. The van der Waals surface area contributed by atoms with Gasteiger partial charge in [0, 0.05) is 78.7 Å². The van der Waals surface area contributed by atoms with Gasteiger partial charge in [-0.2, -0.15) is 0 Å². The Balaban J connectivity index is 0.940. The van der Waals surface area contributed by atoms with Crippen molar-refractivity contribution >= 4 is 102 Å². The summed E-state index contributed by atoms with van der Waals surface area (Å²) in [5.74, 6) is 2.78. The predicted molar refractivity (Wildman–Crippen MR) is 319 cm³/mol. The van der Waals surface area contributed by atoms with Crippen LogP contribution < -0.4 is 31.1 Å². The maximum Gasteiger partial charge on any atom is 0.252 e. The summed E-state index contributed by atoms with van der Waals surface area (Å²) in [6.07, 6.45) is 7.84. The lowest BCUT2D eigenvalue weighted by Crippen LogP contribution is -2.61. The molecule has 15 rings (SSSR count). The fraction of sp³-hybridized carbons (Fsp3) is 0.0857. The molecule has 0 spiro atoms.